The minimum Gasteiger partial charge on any atom is -0.330 e. The van der Waals surface area contributed by atoms with Gasteiger partial charge in [-0.1, -0.05) is 23.7 Å². The molecule has 6 heteroatoms. The van der Waals surface area contributed by atoms with Gasteiger partial charge in [-0.05, 0) is 68.0 Å². The third-order valence-electron chi connectivity index (χ3n) is 6.08. The van der Waals surface area contributed by atoms with Crippen molar-refractivity contribution >= 4 is 11.6 Å². The van der Waals surface area contributed by atoms with Crippen LogP contribution in [0.15, 0.2) is 59.7 Å². The van der Waals surface area contributed by atoms with E-state index < -0.39 is 0 Å². The zero-order valence-electron chi connectivity index (χ0n) is 16.5. The molecule has 0 atom stereocenters. The first-order chi connectivity index (χ1) is 14.0. The van der Waals surface area contributed by atoms with Gasteiger partial charge in [0.2, 0.25) is 0 Å². The number of pyridine rings is 1. The molecule has 2 aromatic heterocycles. The average molecular weight is 409 g/mol. The summed E-state index contributed by atoms with van der Waals surface area (Å²) in [7, 11) is 0. The molecule has 150 valence electrons. The molecule has 0 aliphatic heterocycles. The second kappa shape index (κ2) is 8.09. The van der Waals surface area contributed by atoms with Crippen molar-refractivity contribution in [3.63, 3.8) is 0 Å². The molecule has 1 aliphatic rings. The van der Waals surface area contributed by atoms with E-state index in [9.17, 15) is 4.79 Å². The Labute approximate surface area is 175 Å². The first-order valence-corrected chi connectivity index (χ1v) is 10.4. The van der Waals surface area contributed by atoms with E-state index in [0.29, 0.717) is 6.54 Å². The van der Waals surface area contributed by atoms with Gasteiger partial charge in [-0.15, -0.1) is 0 Å². The van der Waals surface area contributed by atoms with Crippen molar-refractivity contribution in [2.75, 3.05) is 6.54 Å². The largest absolute Gasteiger partial charge is 0.330 e. The van der Waals surface area contributed by atoms with E-state index in [2.05, 4.69) is 16.1 Å². The van der Waals surface area contributed by atoms with Gasteiger partial charge in [-0.25, -0.2) is 4.68 Å². The van der Waals surface area contributed by atoms with Gasteiger partial charge in [-0.3, -0.25) is 9.78 Å². The van der Waals surface area contributed by atoms with Crippen LogP contribution in [-0.2, 0) is 5.41 Å². The lowest BCUT2D eigenvalue weighted by Crippen LogP contribution is -2.41. The number of halogens is 1. The van der Waals surface area contributed by atoms with E-state index in [1.54, 1.807) is 23.0 Å². The van der Waals surface area contributed by atoms with Crippen LogP contribution in [-0.4, -0.2) is 21.3 Å². The predicted molar refractivity (Wildman–Crippen MR) is 116 cm³/mol. The van der Waals surface area contributed by atoms with Crippen LogP contribution in [0, 0.1) is 6.92 Å². The Bertz CT molecular complexity index is 1070. The molecule has 0 amide bonds. The summed E-state index contributed by atoms with van der Waals surface area (Å²) in [6, 6.07) is 13.5. The van der Waals surface area contributed by atoms with Gasteiger partial charge in [0.1, 0.15) is 0 Å². The summed E-state index contributed by atoms with van der Waals surface area (Å²) < 4.78 is 1.65. The summed E-state index contributed by atoms with van der Waals surface area (Å²) in [6.07, 6.45) is 7.10. The first-order valence-electron chi connectivity index (χ1n) is 9.99. The fraction of sp³-hybridized carbons (Fsp3) is 0.348. The summed E-state index contributed by atoms with van der Waals surface area (Å²) in [5.41, 5.74) is 9.99. The Kier molecular flexibility index (Phi) is 5.52. The van der Waals surface area contributed by atoms with Gasteiger partial charge in [-0.2, -0.15) is 5.10 Å². The number of aryl methyl sites for hydroxylation is 1. The highest BCUT2D eigenvalue weighted by molar-refractivity contribution is 6.30. The highest BCUT2D eigenvalue weighted by Gasteiger charge is 2.37. The number of nitrogens with zero attached hydrogens (tertiary/aromatic N) is 3. The maximum absolute atomic E-state index is 12.6. The third kappa shape index (κ3) is 3.98. The van der Waals surface area contributed by atoms with Crippen LogP contribution in [0.5, 0.6) is 0 Å². The topological polar surface area (TPSA) is 73.8 Å². The van der Waals surface area contributed by atoms with E-state index >= 15 is 0 Å². The van der Waals surface area contributed by atoms with Crippen molar-refractivity contribution in [3.05, 3.63) is 81.4 Å². The molecular formula is C23H25ClN4O. The van der Waals surface area contributed by atoms with E-state index in [0.717, 1.165) is 47.5 Å². The van der Waals surface area contributed by atoms with Crippen LogP contribution in [0.1, 0.15) is 42.9 Å². The van der Waals surface area contributed by atoms with Crippen LogP contribution in [0.3, 0.4) is 0 Å². The Morgan fingerprint density at radius 3 is 2.66 bits per heavy atom. The van der Waals surface area contributed by atoms with Gasteiger partial charge < -0.3 is 5.73 Å². The Balaban J connectivity index is 1.60. The molecule has 1 saturated carbocycles. The number of benzene rings is 1. The molecule has 5 nitrogen and oxygen atoms in total. The van der Waals surface area contributed by atoms with Crippen molar-refractivity contribution in [2.45, 2.75) is 44.1 Å². The minimum absolute atomic E-state index is 0.0673. The number of nitrogens with two attached hydrogens (primary N) is 1. The Hall–Kier alpha value is -2.50. The lowest BCUT2D eigenvalue weighted by atomic mass is 9.68. The summed E-state index contributed by atoms with van der Waals surface area (Å²) in [6.45, 7) is 2.56. The van der Waals surface area contributed by atoms with Crippen LogP contribution in [0.4, 0.5) is 0 Å². The van der Waals surface area contributed by atoms with Crippen LogP contribution >= 0.6 is 11.6 Å². The lowest BCUT2D eigenvalue weighted by molar-refractivity contribution is 0.222. The van der Waals surface area contributed by atoms with E-state index in [-0.39, 0.29) is 17.0 Å². The maximum Gasteiger partial charge on any atom is 0.267 e. The average Bonchev–Trinajstić information content (AvgIpc) is 2.74. The van der Waals surface area contributed by atoms with E-state index in [1.165, 1.54) is 5.56 Å². The molecule has 1 aromatic carbocycles. The highest BCUT2D eigenvalue weighted by Crippen LogP contribution is 2.42. The smallest absolute Gasteiger partial charge is 0.267 e. The molecule has 0 spiro atoms. The van der Waals surface area contributed by atoms with Crippen LogP contribution in [0.2, 0.25) is 5.02 Å². The van der Waals surface area contributed by atoms with Crippen LogP contribution < -0.4 is 11.3 Å². The van der Waals surface area contributed by atoms with Crippen molar-refractivity contribution < 1.29 is 0 Å². The minimum atomic E-state index is -0.0942. The second-order valence-electron chi connectivity index (χ2n) is 7.98. The monoisotopic (exact) mass is 408 g/mol. The molecule has 1 fully saturated rings. The van der Waals surface area contributed by atoms with Gasteiger partial charge >= 0.3 is 0 Å². The molecule has 0 radical (unpaired) electrons. The quantitative estimate of drug-likeness (QED) is 0.699. The molecule has 0 unspecified atom stereocenters. The lowest BCUT2D eigenvalue weighted by Gasteiger charge is -2.40. The maximum atomic E-state index is 12.6. The number of rotatable bonds is 4. The van der Waals surface area contributed by atoms with Gasteiger partial charge in [0.25, 0.3) is 5.56 Å². The van der Waals surface area contributed by atoms with Crippen molar-refractivity contribution in [2.24, 2.45) is 5.73 Å². The van der Waals surface area contributed by atoms with Crippen LogP contribution in [0.25, 0.3) is 11.3 Å². The first kappa shape index (κ1) is 19.8. The SMILES string of the molecule is Cc1cncc(-c2ccc(=O)n(C3CCC(CN)(c4cccc(Cl)c4)CC3)n2)c1. The molecule has 0 saturated heterocycles. The van der Waals surface area contributed by atoms with Gasteiger partial charge in [0, 0.05) is 41.0 Å². The third-order valence-corrected chi connectivity index (χ3v) is 6.32. The number of aromatic nitrogens is 3. The standard InChI is InChI=1S/C23H25ClN4O/c1-16-11-17(14-26-13-16)21-5-6-22(29)28(27-21)20-7-9-23(15-25,10-8-20)18-3-2-4-19(24)12-18/h2-6,11-14,20H,7-10,15,25H2,1H3. The normalized spacial score (nSPS) is 21.8. The fourth-order valence-corrected chi connectivity index (χ4v) is 4.55. The molecule has 4 rings (SSSR count). The predicted octanol–water partition coefficient (Wildman–Crippen LogP) is 4.28. The summed E-state index contributed by atoms with van der Waals surface area (Å²) in [5.74, 6) is 0. The highest BCUT2D eigenvalue weighted by atomic mass is 35.5. The van der Waals surface area contributed by atoms with E-state index in [4.69, 9.17) is 17.3 Å². The fourth-order valence-electron chi connectivity index (χ4n) is 4.36. The van der Waals surface area contributed by atoms with Crippen molar-refractivity contribution in [1.29, 1.82) is 0 Å². The second-order valence-corrected chi connectivity index (χ2v) is 8.41. The molecule has 0 bridgehead atoms. The van der Waals surface area contributed by atoms with E-state index in [1.807, 2.05) is 37.4 Å². The zero-order chi connectivity index (χ0) is 20.4. The number of hydrogen-bond acceptors (Lipinski definition) is 4. The Morgan fingerprint density at radius 1 is 1.17 bits per heavy atom. The molecule has 2 N–H and O–H groups in total. The molecular weight excluding hydrogens is 384 g/mol. The number of hydrogen-bond donors (Lipinski definition) is 1. The summed E-state index contributed by atoms with van der Waals surface area (Å²) >= 11 is 6.21. The molecule has 3 aromatic rings. The molecule has 1 aliphatic carbocycles. The molecule has 2 heterocycles. The zero-order valence-corrected chi connectivity index (χ0v) is 17.3. The molecule has 29 heavy (non-hydrogen) atoms. The summed E-state index contributed by atoms with van der Waals surface area (Å²) in [5, 5.41) is 5.41. The van der Waals surface area contributed by atoms with Gasteiger partial charge in [0.05, 0.1) is 11.7 Å². The van der Waals surface area contributed by atoms with Crippen molar-refractivity contribution in [3.8, 4) is 11.3 Å². The summed E-state index contributed by atoms with van der Waals surface area (Å²) in [4.78, 5) is 16.8. The Morgan fingerprint density at radius 2 is 1.97 bits per heavy atom. The van der Waals surface area contributed by atoms with Gasteiger partial charge in [0.15, 0.2) is 0 Å². The van der Waals surface area contributed by atoms with Crippen molar-refractivity contribution in [1.82, 2.24) is 14.8 Å².